The van der Waals surface area contributed by atoms with Crippen molar-refractivity contribution in [2.45, 2.75) is 34.2 Å². The maximum absolute atomic E-state index is 12.8. The van der Waals surface area contributed by atoms with Crippen LogP contribution in [0, 0.1) is 25.2 Å². The van der Waals surface area contributed by atoms with E-state index in [1.807, 2.05) is 50.4 Å². The molecule has 0 fully saturated rings. The molecule has 2 aliphatic rings. The number of nitrogens with one attached hydrogen (secondary N) is 1. The molecule has 5 rings (SSSR count). The number of rotatable bonds is 6. The van der Waals surface area contributed by atoms with Crippen molar-refractivity contribution >= 4 is 50.7 Å². The van der Waals surface area contributed by atoms with E-state index < -0.39 is 5.91 Å². The second kappa shape index (κ2) is 9.19. The number of hydrogen-bond donors (Lipinski definition) is 1. The first-order valence-corrected chi connectivity index (χ1v) is 12.4. The predicted octanol–water partition coefficient (Wildman–Crippen LogP) is 5.61. The molecule has 178 valence electrons. The van der Waals surface area contributed by atoms with Gasteiger partial charge in [-0.1, -0.05) is 38.1 Å². The summed E-state index contributed by atoms with van der Waals surface area (Å²) in [6.07, 6.45) is 3.75. The van der Waals surface area contributed by atoms with Crippen molar-refractivity contribution < 1.29 is 9.53 Å². The number of nitrogens with zero attached hydrogens (tertiary/aromatic N) is 4. The SMILES string of the molecule is Cc1ccc(OCCn2cc(/C=C3\C(=N)N4N=C(C(C)C)SC4=NC3=O)c3ccccc32)cc1C. The van der Waals surface area contributed by atoms with Crippen LogP contribution in [0.1, 0.15) is 30.5 Å². The van der Waals surface area contributed by atoms with Crippen LogP contribution in [0.2, 0.25) is 0 Å². The van der Waals surface area contributed by atoms with Crippen LogP contribution in [0.15, 0.2) is 64.3 Å². The van der Waals surface area contributed by atoms with Gasteiger partial charge in [-0.2, -0.15) is 15.1 Å². The number of benzene rings is 2. The molecule has 3 heterocycles. The van der Waals surface area contributed by atoms with Crippen molar-refractivity contribution in [2.24, 2.45) is 16.0 Å². The van der Waals surface area contributed by atoms with E-state index in [2.05, 4.69) is 40.6 Å². The molecular weight excluding hydrogens is 458 g/mol. The van der Waals surface area contributed by atoms with Crippen molar-refractivity contribution in [3.63, 3.8) is 0 Å². The summed E-state index contributed by atoms with van der Waals surface area (Å²) >= 11 is 1.35. The molecule has 3 aromatic rings. The standard InChI is InChI=1S/C27H27N5O2S/c1-16(2)26-30-32-24(28)22(25(33)29-27(32)35-26)14-19-15-31(23-8-6-5-7-21(19)23)11-12-34-20-10-9-17(3)18(4)13-20/h5-10,13-16,28H,11-12H2,1-4H3/b22-14+,28-24?. The Hall–Kier alpha value is -3.65. The van der Waals surface area contributed by atoms with Crippen LogP contribution in [0.3, 0.4) is 0 Å². The molecular formula is C27H27N5O2S. The molecule has 0 bridgehead atoms. The van der Waals surface area contributed by atoms with Crippen molar-refractivity contribution in [3.8, 4) is 5.75 Å². The number of aromatic nitrogens is 1. The summed E-state index contributed by atoms with van der Waals surface area (Å²) in [6, 6.07) is 14.2. The Morgan fingerprint density at radius 1 is 1.14 bits per heavy atom. The molecule has 0 atom stereocenters. The Kier molecular flexibility index (Phi) is 6.06. The summed E-state index contributed by atoms with van der Waals surface area (Å²) in [5.41, 5.74) is 4.58. The monoisotopic (exact) mass is 485 g/mol. The van der Waals surface area contributed by atoms with Crippen LogP contribution in [0.5, 0.6) is 5.75 Å². The quantitative estimate of drug-likeness (QED) is 0.460. The maximum Gasteiger partial charge on any atom is 0.283 e. The Morgan fingerprint density at radius 2 is 1.94 bits per heavy atom. The summed E-state index contributed by atoms with van der Waals surface area (Å²) in [7, 11) is 0. The topological polar surface area (TPSA) is 83.0 Å². The minimum Gasteiger partial charge on any atom is -0.492 e. The van der Waals surface area contributed by atoms with Gasteiger partial charge in [0.15, 0.2) is 5.84 Å². The van der Waals surface area contributed by atoms with Crippen LogP contribution in [0.4, 0.5) is 0 Å². The first-order chi connectivity index (χ1) is 16.8. The fourth-order valence-electron chi connectivity index (χ4n) is 4.04. The number of amides is 1. The van der Waals surface area contributed by atoms with Gasteiger partial charge >= 0.3 is 0 Å². The highest BCUT2D eigenvalue weighted by Gasteiger charge is 2.36. The van der Waals surface area contributed by atoms with E-state index in [1.165, 1.54) is 27.9 Å². The zero-order chi connectivity index (χ0) is 24.7. The minimum atomic E-state index is -0.413. The van der Waals surface area contributed by atoms with Gasteiger partial charge in [0.05, 0.1) is 12.1 Å². The van der Waals surface area contributed by atoms with Crippen molar-refractivity contribution in [2.75, 3.05) is 6.61 Å². The Morgan fingerprint density at radius 3 is 2.71 bits per heavy atom. The summed E-state index contributed by atoms with van der Waals surface area (Å²) in [5.74, 6) is 0.696. The van der Waals surface area contributed by atoms with Gasteiger partial charge in [-0.3, -0.25) is 10.2 Å². The van der Waals surface area contributed by atoms with Gasteiger partial charge < -0.3 is 9.30 Å². The van der Waals surface area contributed by atoms with Crippen molar-refractivity contribution in [3.05, 3.63) is 70.9 Å². The van der Waals surface area contributed by atoms with Gasteiger partial charge in [0.1, 0.15) is 17.4 Å². The first-order valence-electron chi connectivity index (χ1n) is 11.6. The van der Waals surface area contributed by atoms with Crippen LogP contribution >= 0.6 is 11.8 Å². The molecule has 0 saturated carbocycles. The summed E-state index contributed by atoms with van der Waals surface area (Å²) in [6.45, 7) is 9.39. The number of aryl methyl sites for hydroxylation is 2. The molecule has 0 spiro atoms. The number of hydrazone groups is 1. The number of carbonyl (C=O) groups excluding carboxylic acids is 1. The van der Waals surface area contributed by atoms with E-state index in [9.17, 15) is 4.79 Å². The molecule has 1 aromatic heterocycles. The number of fused-ring (bicyclic) bond motifs is 2. The lowest BCUT2D eigenvalue weighted by Gasteiger charge is -2.20. The average molecular weight is 486 g/mol. The molecule has 0 aliphatic carbocycles. The van der Waals surface area contributed by atoms with Gasteiger partial charge in [-0.25, -0.2) is 0 Å². The molecule has 2 aliphatic heterocycles. The number of thioether (sulfide) groups is 1. The highest BCUT2D eigenvalue weighted by Crippen LogP contribution is 2.32. The van der Waals surface area contributed by atoms with Gasteiger partial charge in [0.2, 0.25) is 5.17 Å². The van der Waals surface area contributed by atoms with Crippen LogP contribution in [0.25, 0.3) is 17.0 Å². The minimum absolute atomic E-state index is 0.0538. The van der Waals surface area contributed by atoms with Gasteiger partial charge in [-0.15, -0.1) is 0 Å². The molecule has 0 radical (unpaired) electrons. The van der Waals surface area contributed by atoms with E-state index in [0.29, 0.717) is 18.3 Å². The highest BCUT2D eigenvalue weighted by atomic mass is 32.2. The second-order valence-electron chi connectivity index (χ2n) is 9.00. The molecule has 0 unspecified atom stereocenters. The van der Waals surface area contributed by atoms with Crippen molar-refractivity contribution in [1.29, 1.82) is 5.41 Å². The number of ether oxygens (including phenoxy) is 1. The molecule has 1 N–H and O–H groups in total. The smallest absolute Gasteiger partial charge is 0.283 e. The van der Waals surface area contributed by atoms with E-state index in [4.69, 9.17) is 10.1 Å². The molecule has 2 aromatic carbocycles. The largest absolute Gasteiger partial charge is 0.492 e. The molecule has 0 saturated heterocycles. The third-order valence-corrected chi connectivity index (χ3v) is 7.37. The fraction of sp³-hybridized carbons (Fsp3) is 0.259. The lowest BCUT2D eigenvalue weighted by atomic mass is 10.1. The Balaban J connectivity index is 1.42. The molecule has 7 nitrogen and oxygen atoms in total. The summed E-state index contributed by atoms with van der Waals surface area (Å²) in [5, 5.41) is 16.9. The van der Waals surface area contributed by atoms with Gasteiger partial charge in [-0.05, 0) is 61.0 Å². The average Bonchev–Trinajstić information content (AvgIpc) is 3.41. The number of amidine groups is 2. The molecule has 1 amide bonds. The number of hydrogen-bond acceptors (Lipinski definition) is 5. The highest BCUT2D eigenvalue weighted by molar-refractivity contribution is 8.27. The van der Waals surface area contributed by atoms with E-state index in [0.717, 1.165) is 27.3 Å². The second-order valence-corrected chi connectivity index (χ2v) is 9.99. The molecule has 35 heavy (non-hydrogen) atoms. The maximum atomic E-state index is 12.8. The zero-order valence-corrected chi connectivity index (χ0v) is 21.0. The van der Waals surface area contributed by atoms with E-state index >= 15 is 0 Å². The predicted molar refractivity (Wildman–Crippen MR) is 143 cm³/mol. The van der Waals surface area contributed by atoms with Crippen LogP contribution in [-0.4, -0.2) is 38.1 Å². The summed E-state index contributed by atoms with van der Waals surface area (Å²) in [4.78, 5) is 17.0. The number of para-hydroxylation sites is 1. The van der Waals surface area contributed by atoms with Gasteiger partial charge in [0, 0.05) is 28.6 Å². The van der Waals surface area contributed by atoms with E-state index in [1.54, 1.807) is 6.08 Å². The fourth-order valence-corrected chi connectivity index (χ4v) is 4.93. The Labute approximate surface area is 208 Å². The summed E-state index contributed by atoms with van der Waals surface area (Å²) < 4.78 is 8.12. The Bertz CT molecular complexity index is 1450. The first kappa shape index (κ1) is 23.1. The third-order valence-electron chi connectivity index (χ3n) is 6.16. The van der Waals surface area contributed by atoms with Crippen molar-refractivity contribution in [1.82, 2.24) is 9.58 Å². The van der Waals surface area contributed by atoms with Crippen LogP contribution < -0.4 is 4.74 Å². The third kappa shape index (κ3) is 4.41. The normalized spacial score (nSPS) is 16.8. The lowest BCUT2D eigenvalue weighted by Crippen LogP contribution is -2.35. The lowest BCUT2D eigenvalue weighted by molar-refractivity contribution is -0.114. The molecule has 8 heteroatoms. The van der Waals surface area contributed by atoms with Crippen LogP contribution in [-0.2, 0) is 11.3 Å². The number of aliphatic imine (C=N–C) groups is 1. The number of carbonyl (C=O) groups is 1. The van der Waals surface area contributed by atoms with Gasteiger partial charge in [0.25, 0.3) is 5.91 Å². The van der Waals surface area contributed by atoms with E-state index in [-0.39, 0.29) is 17.3 Å². The zero-order valence-electron chi connectivity index (χ0n) is 20.2.